The Bertz CT molecular complexity index is 791. The number of nitrogens with one attached hydrogen (secondary N) is 1. The van der Waals surface area contributed by atoms with Crippen LogP contribution in [0.4, 0.5) is 5.69 Å². The molecule has 2 amide bonds. The summed E-state index contributed by atoms with van der Waals surface area (Å²) in [6.45, 7) is 1.05. The normalized spacial score (nSPS) is 13.6. The predicted molar refractivity (Wildman–Crippen MR) is 98.4 cm³/mol. The molecule has 0 unspecified atom stereocenters. The van der Waals surface area contributed by atoms with Gasteiger partial charge in [0, 0.05) is 31.3 Å². The fourth-order valence-corrected chi connectivity index (χ4v) is 2.85. The van der Waals surface area contributed by atoms with Gasteiger partial charge in [-0.05, 0) is 36.2 Å². The van der Waals surface area contributed by atoms with Crippen LogP contribution in [0, 0.1) is 0 Å². The van der Waals surface area contributed by atoms with Crippen LogP contribution in [-0.2, 0) is 16.1 Å². The highest BCUT2D eigenvalue weighted by atomic mass is 16.5. The first-order valence-electron chi connectivity index (χ1n) is 8.58. The Hall–Kier alpha value is -3.02. The number of hydrogen-bond donors (Lipinski definition) is 1. The Balaban J connectivity index is 1.50. The SMILES string of the molecule is COc1cccc(CNC(=O)COc2cccc(N3CCCC3=O)c2)c1. The predicted octanol–water partition coefficient (Wildman–Crippen LogP) is 2.52. The summed E-state index contributed by atoms with van der Waals surface area (Å²) in [4.78, 5) is 25.6. The first kappa shape index (κ1) is 17.8. The van der Waals surface area contributed by atoms with Crippen LogP contribution in [0.15, 0.2) is 48.5 Å². The molecular formula is C20H22N2O4. The molecule has 0 bridgehead atoms. The van der Waals surface area contributed by atoms with Gasteiger partial charge < -0.3 is 19.7 Å². The van der Waals surface area contributed by atoms with Crippen LogP contribution in [0.1, 0.15) is 18.4 Å². The molecule has 136 valence electrons. The summed E-state index contributed by atoms with van der Waals surface area (Å²) in [5, 5.41) is 2.81. The van der Waals surface area contributed by atoms with Crippen molar-refractivity contribution in [3.05, 3.63) is 54.1 Å². The van der Waals surface area contributed by atoms with E-state index in [0.717, 1.165) is 30.0 Å². The molecule has 6 nitrogen and oxygen atoms in total. The number of methoxy groups -OCH3 is 1. The van der Waals surface area contributed by atoms with Crippen LogP contribution >= 0.6 is 0 Å². The average molecular weight is 354 g/mol. The van der Waals surface area contributed by atoms with Gasteiger partial charge >= 0.3 is 0 Å². The van der Waals surface area contributed by atoms with E-state index in [0.29, 0.717) is 18.7 Å². The molecule has 0 spiro atoms. The number of carbonyl (C=O) groups is 2. The minimum Gasteiger partial charge on any atom is -0.497 e. The van der Waals surface area contributed by atoms with E-state index in [4.69, 9.17) is 9.47 Å². The summed E-state index contributed by atoms with van der Waals surface area (Å²) >= 11 is 0. The molecule has 1 aliphatic rings. The maximum absolute atomic E-state index is 12.0. The second-order valence-electron chi connectivity index (χ2n) is 6.06. The topological polar surface area (TPSA) is 67.9 Å². The summed E-state index contributed by atoms with van der Waals surface area (Å²) in [5.41, 5.74) is 1.76. The minimum atomic E-state index is -0.213. The number of amides is 2. The van der Waals surface area contributed by atoms with Crippen LogP contribution in [0.25, 0.3) is 0 Å². The second-order valence-corrected chi connectivity index (χ2v) is 6.06. The van der Waals surface area contributed by atoms with Gasteiger partial charge in [0.2, 0.25) is 5.91 Å². The fourth-order valence-electron chi connectivity index (χ4n) is 2.85. The molecule has 0 saturated carbocycles. The first-order chi connectivity index (χ1) is 12.7. The van der Waals surface area contributed by atoms with E-state index < -0.39 is 0 Å². The van der Waals surface area contributed by atoms with Gasteiger partial charge in [-0.1, -0.05) is 18.2 Å². The van der Waals surface area contributed by atoms with Crippen molar-refractivity contribution >= 4 is 17.5 Å². The lowest BCUT2D eigenvalue weighted by atomic mass is 10.2. The van der Waals surface area contributed by atoms with E-state index in [-0.39, 0.29) is 18.4 Å². The number of benzene rings is 2. The lowest BCUT2D eigenvalue weighted by Crippen LogP contribution is -2.28. The van der Waals surface area contributed by atoms with E-state index in [1.807, 2.05) is 36.4 Å². The maximum Gasteiger partial charge on any atom is 0.258 e. The van der Waals surface area contributed by atoms with Crippen molar-refractivity contribution in [2.24, 2.45) is 0 Å². The zero-order valence-corrected chi connectivity index (χ0v) is 14.7. The molecule has 1 saturated heterocycles. The number of nitrogens with zero attached hydrogens (tertiary/aromatic N) is 1. The van der Waals surface area contributed by atoms with E-state index in [9.17, 15) is 9.59 Å². The molecule has 0 aliphatic carbocycles. The van der Waals surface area contributed by atoms with Gasteiger partial charge in [0.25, 0.3) is 5.91 Å². The van der Waals surface area contributed by atoms with Gasteiger partial charge in [-0.15, -0.1) is 0 Å². The van der Waals surface area contributed by atoms with Gasteiger partial charge in [-0.2, -0.15) is 0 Å². The van der Waals surface area contributed by atoms with Crippen molar-refractivity contribution in [3.8, 4) is 11.5 Å². The molecule has 6 heteroatoms. The van der Waals surface area contributed by atoms with Crippen molar-refractivity contribution < 1.29 is 19.1 Å². The van der Waals surface area contributed by atoms with Gasteiger partial charge in [0.05, 0.1) is 7.11 Å². The summed E-state index contributed by atoms with van der Waals surface area (Å²) in [6.07, 6.45) is 1.45. The molecule has 3 rings (SSSR count). The maximum atomic E-state index is 12.0. The van der Waals surface area contributed by atoms with Crippen molar-refractivity contribution in [1.82, 2.24) is 5.32 Å². The van der Waals surface area contributed by atoms with Crippen molar-refractivity contribution in [2.45, 2.75) is 19.4 Å². The molecule has 1 fully saturated rings. The lowest BCUT2D eigenvalue weighted by Gasteiger charge is -2.16. The third-order valence-corrected chi connectivity index (χ3v) is 4.20. The van der Waals surface area contributed by atoms with Crippen LogP contribution in [-0.4, -0.2) is 32.1 Å². The number of anilines is 1. The average Bonchev–Trinajstić information content (AvgIpc) is 3.11. The van der Waals surface area contributed by atoms with Gasteiger partial charge in [-0.3, -0.25) is 9.59 Å². The van der Waals surface area contributed by atoms with E-state index in [1.165, 1.54) is 0 Å². The van der Waals surface area contributed by atoms with Crippen LogP contribution in [0.2, 0.25) is 0 Å². The number of ether oxygens (including phenoxy) is 2. The largest absolute Gasteiger partial charge is 0.497 e. The van der Waals surface area contributed by atoms with Gasteiger partial charge in [0.15, 0.2) is 6.61 Å². The summed E-state index contributed by atoms with van der Waals surface area (Å²) in [7, 11) is 1.61. The zero-order valence-electron chi connectivity index (χ0n) is 14.7. The highest BCUT2D eigenvalue weighted by Gasteiger charge is 2.21. The van der Waals surface area contributed by atoms with Gasteiger partial charge in [-0.25, -0.2) is 0 Å². The highest BCUT2D eigenvalue weighted by Crippen LogP contribution is 2.25. The molecule has 0 atom stereocenters. The monoisotopic (exact) mass is 354 g/mol. The molecule has 1 N–H and O–H groups in total. The van der Waals surface area contributed by atoms with Crippen molar-refractivity contribution in [3.63, 3.8) is 0 Å². The highest BCUT2D eigenvalue weighted by molar-refractivity contribution is 5.95. The summed E-state index contributed by atoms with van der Waals surface area (Å²) in [5.74, 6) is 1.23. The summed E-state index contributed by atoms with van der Waals surface area (Å²) in [6, 6.07) is 14.8. The molecular weight excluding hydrogens is 332 g/mol. The smallest absolute Gasteiger partial charge is 0.258 e. The Morgan fingerprint density at radius 2 is 1.96 bits per heavy atom. The Morgan fingerprint density at radius 3 is 2.73 bits per heavy atom. The van der Waals surface area contributed by atoms with E-state index in [2.05, 4.69) is 5.32 Å². The first-order valence-corrected chi connectivity index (χ1v) is 8.58. The van der Waals surface area contributed by atoms with E-state index in [1.54, 1.807) is 24.1 Å². The van der Waals surface area contributed by atoms with Crippen LogP contribution < -0.4 is 19.7 Å². The fraction of sp³-hybridized carbons (Fsp3) is 0.300. The molecule has 0 radical (unpaired) electrons. The van der Waals surface area contributed by atoms with Crippen LogP contribution in [0.5, 0.6) is 11.5 Å². The lowest BCUT2D eigenvalue weighted by molar-refractivity contribution is -0.123. The second kappa shape index (κ2) is 8.38. The molecule has 26 heavy (non-hydrogen) atoms. The third kappa shape index (κ3) is 4.53. The van der Waals surface area contributed by atoms with Gasteiger partial charge in [0.1, 0.15) is 11.5 Å². The number of hydrogen-bond acceptors (Lipinski definition) is 4. The molecule has 2 aromatic rings. The third-order valence-electron chi connectivity index (χ3n) is 4.20. The van der Waals surface area contributed by atoms with Crippen molar-refractivity contribution in [1.29, 1.82) is 0 Å². The molecule has 2 aromatic carbocycles. The molecule has 1 heterocycles. The Kier molecular flexibility index (Phi) is 5.73. The van der Waals surface area contributed by atoms with Crippen LogP contribution in [0.3, 0.4) is 0 Å². The number of carbonyl (C=O) groups excluding carboxylic acids is 2. The zero-order chi connectivity index (χ0) is 18.4. The van der Waals surface area contributed by atoms with E-state index >= 15 is 0 Å². The molecule has 0 aromatic heterocycles. The summed E-state index contributed by atoms with van der Waals surface area (Å²) < 4.78 is 10.7. The minimum absolute atomic E-state index is 0.0820. The van der Waals surface area contributed by atoms with Crippen molar-refractivity contribution in [2.75, 3.05) is 25.2 Å². The Morgan fingerprint density at radius 1 is 1.15 bits per heavy atom. The standard InChI is InChI=1S/C20H22N2O4/c1-25-17-7-2-5-15(11-17)13-21-19(23)14-26-18-8-3-6-16(12-18)22-10-4-9-20(22)24/h2-3,5-8,11-12H,4,9-10,13-14H2,1H3,(H,21,23). The molecule has 1 aliphatic heterocycles. The Labute approximate surface area is 152 Å². The quantitative estimate of drug-likeness (QED) is 0.830. The number of rotatable bonds is 7.